The molecule has 1 heterocycles. The number of anilines is 1. The molecule has 1 atom stereocenters. The van der Waals surface area contributed by atoms with Crippen molar-refractivity contribution in [3.05, 3.63) is 71.0 Å². The Morgan fingerprint density at radius 1 is 0.949 bits per heavy atom. The van der Waals surface area contributed by atoms with Gasteiger partial charge in [-0.25, -0.2) is 14.0 Å². The Kier molecular flexibility index (Phi) is 10.7. The van der Waals surface area contributed by atoms with E-state index >= 15 is 0 Å². The van der Waals surface area contributed by atoms with Crippen molar-refractivity contribution >= 4 is 23.4 Å². The van der Waals surface area contributed by atoms with Crippen LogP contribution in [-0.2, 0) is 32.0 Å². The molecule has 0 radical (unpaired) electrons. The van der Waals surface area contributed by atoms with Crippen molar-refractivity contribution in [1.82, 2.24) is 10.2 Å². The van der Waals surface area contributed by atoms with Gasteiger partial charge in [-0.2, -0.15) is 0 Å². The van der Waals surface area contributed by atoms with Crippen LogP contribution >= 0.6 is 0 Å². The standard InChI is InChI=1S/C29H36FN3O6/c1-36-12-13-37-14-15-38-16-17-39-29(35)32-27-10-5-22(6-11-27)21-3-8-26(9-4-21)31-28(34)33-19-23-2-7-25(30)18-24(23)20-33/h2-5,7-9,18,27H,6,10-17,19-20H2,1H3,(H,31,34)(H,32,35). The van der Waals surface area contributed by atoms with Crippen LogP contribution in [0.15, 0.2) is 48.5 Å². The van der Waals surface area contributed by atoms with Crippen LogP contribution in [0.1, 0.15) is 36.0 Å². The number of nitrogens with one attached hydrogen (secondary N) is 2. The maximum Gasteiger partial charge on any atom is 0.407 e. The molecule has 10 heteroatoms. The fourth-order valence-corrected chi connectivity index (χ4v) is 4.57. The second-order valence-electron chi connectivity index (χ2n) is 9.48. The van der Waals surface area contributed by atoms with Gasteiger partial charge in [0.1, 0.15) is 12.4 Å². The van der Waals surface area contributed by atoms with Crippen molar-refractivity contribution in [2.24, 2.45) is 0 Å². The normalized spacial score (nSPS) is 16.4. The van der Waals surface area contributed by atoms with Crippen LogP contribution in [0.3, 0.4) is 0 Å². The van der Waals surface area contributed by atoms with Crippen molar-refractivity contribution in [1.29, 1.82) is 0 Å². The third kappa shape index (κ3) is 8.77. The molecule has 1 aliphatic heterocycles. The molecule has 2 aromatic rings. The number of hydrogen-bond acceptors (Lipinski definition) is 6. The number of benzene rings is 2. The molecule has 3 amide bonds. The summed E-state index contributed by atoms with van der Waals surface area (Å²) >= 11 is 0. The molecule has 1 aliphatic carbocycles. The summed E-state index contributed by atoms with van der Waals surface area (Å²) in [6.45, 7) is 3.35. The van der Waals surface area contributed by atoms with Gasteiger partial charge in [0.15, 0.2) is 0 Å². The highest BCUT2D eigenvalue weighted by molar-refractivity contribution is 5.90. The number of rotatable bonds is 12. The Morgan fingerprint density at radius 2 is 1.67 bits per heavy atom. The number of carbonyl (C=O) groups excluding carboxylic acids is 2. The van der Waals surface area contributed by atoms with Gasteiger partial charge in [-0.15, -0.1) is 0 Å². The molecule has 2 N–H and O–H groups in total. The van der Waals surface area contributed by atoms with Crippen molar-refractivity contribution in [2.75, 3.05) is 52.1 Å². The number of carbonyl (C=O) groups is 2. The molecule has 0 spiro atoms. The Hall–Kier alpha value is -3.47. The zero-order valence-electron chi connectivity index (χ0n) is 22.2. The lowest BCUT2D eigenvalue weighted by atomic mass is 9.91. The molecule has 4 rings (SSSR count). The van der Waals surface area contributed by atoms with E-state index in [-0.39, 0.29) is 24.5 Å². The lowest BCUT2D eigenvalue weighted by molar-refractivity contribution is 0.0128. The first-order chi connectivity index (χ1) is 19.0. The smallest absolute Gasteiger partial charge is 0.407 e. The van der Waals surface area contributed by atoms with E-state index in [0.717, 1.165) is 29.5 Å². The minimum atomic E-state index is -0.442. The molecule has 39 heavy (non-hydrogen) atoms. The van der Waals surface area contributed by atoms with E-state index in [1.807, 2.05) is 24.3 Å². The molecule has 0 aromatic heterocycles. The first kappa shape index (κ1) is 28.5. The largest absolute Gasteiger partial charge is 0.447 e. The van der Waals surface area contributed by atoms with E-state index in [0.29, 0.717) is 58.2 Å². The van der Waals surface area contributed by atoms with Gasteiger partial charge < -0.3 is 34.5 Å². The number of hydrogen-bond donors (Lipinski definition) is 2. The summed E-state index contributed by atoms with van der Waals surface area (Å²) in [4.78, 5) is 26.4. The minimum absolute atomic E-state index is 0.0213. The first-order valence-corrected chi connectivity index (χ1v) is 13.2. The summed E-state index contributed by atoms with van der Waals surface area (Å²) in [6, 6.07) is 12.2. The average molecular weight is 542 g/mol. The fraction of sp³-hybridized carbons (Fsp3) is 0.448. The number of nitrogens with zero attached hydrogens (tertiary/aromatic N) is 1. The Balaban J connectivity index is 1.13. The van der Waals surface area contributed by atoms with Gasteiger partial charge in [-0.1, -0.05) is 24.3 Å². The number of alkyl carbamates (subject to hydrolysis) is 1. The summed E-state index contributed by atoms with van der Waals surface area (Å²) in [5, 5.41) is 5.83. The second-order valence-corrected chi connectivity index (χ2v) is 9.48. The summed E-state index contributed by atoms with van der Waals surface area (Å²) in [6.07, 6.45) is 4.04. The second kappa shape index (κ2) is 14.6. The third-order valence-electron chi connectivity index (χ3n) is 6.68. The highest BCUT2D eigenvalue weighted by Gasteiger charge is 2.24. The molecule has 0 fully saturated rings. The van der Waals surface area contributed by atoms with Crippen LogP contribution in [0, 0.1) is 5.82 Å². The summed E-state index contributed by atoms with van der Waals surface area (Å²) < 4.78 is 34.2. The molecule has 2 aromatic carbocycles. The third-order valence-corrected chi connectivity index (χ3v) is 6.68. The number of allylic oxidation sites excluding steroid dienone is 1. The molecular weight excluding hydrogens is 505 g/mol. The summed E-state index contributed by atoms with van der Waals surface area (Å²) in [7, 11) is 1.62. The number of ether oxygens (including phenoxy) is 4. The molecule has 0 saturated heterocycles. The van der Waals surface area contributed by atoms with E-state index in [2.05, 4.69) is 16.7 Å². The molecule has 0 saturated carbocycles. The maximum absolute atomic E-state index is 13.5. The molecule has 9 nitrogen and oxygen atoms in total. The monoisotopic (exact) mass is 541 g/mol. The number of halogens is 1. The van der Waals surface area contributed by atoms with Crippen LogP contribution < -0.4 is 10.6 Å². The number of amides is 3. The lowest BCUT2D eigenvalue weighted by Crippen LogP contribution is -2.36. The predicted molar refractivity (Wildman–Crippen MR) is 145 cm³/mol. The molecular formula is C29H36FN3O6. The first-order valence-electron chi connectivity index (χ1n) is 13.2. The van der Waals surface area contributed by atoms with E-state index < -0.39 is 6.09 Å². The van der Waals surface area contributed by atoms with Crippen LogP contribution in [0.2, 0.25) is 0 Å². The van der Waals surface area contributed by atoms with Gasteiger partial charge in [0.2, 0.25) is 0 Å². The number of urea groups is 1. The maximum atomic E-state index is 13.5. The zero-order valence-corrected chi connectivity index (χ0v) is 22.2. The van der Waals surface area contributed by atoms with Crippen molar-refractivity contribution in [2.45, 2.75) is 38.4 Å². The lowest BCUT2D eigenvalue weighted by Gasteiger charge is -2.23. The number of fused-ring (bicyclic) bond motifs is 1. The van der Waals surface area contributed by atoms with Crippen LogP contribution in [0.25, 0.3) is 5.57 Å². The Labute approximate surface area is 228 Å². The van der Waals surface area contributed by atoms with Crippen LogP contribution in [-0.4, -0.2) is 69.8 Å². The molecule has 210 valence electrons. The van der Waals surface area contributed by atoms with Crippen molar-refractivity contribution in [3.8, 4) is 0 Å². The number of methoxy groups -OCH3 is 1. The highest BCUT2D eigenvalue weighted by Crippen LogP contribution is 2.29. The van der Waals surface area contributed by atoms with E-state index in [4.69, 9.17) is 18.9 Å². The SMILES string of the molecule is COCCOCCOCCOC(=O)NC1CC=C(c2ccc(NC(=O)N3Cc4ccc(F)cc4C3)cc2)CC1. The molecule has 0 bridgehead atoms. The zero-order chi connectivity index (χ0) is 27.5. The Bertz CT molecular complexity index is 1140. The van der Waals surface area contributed by atoms with E-state index in [1.165, 1.54) is 17.7 Å². The molecule has 1 unspecified atom stereocenters. The summed E-state index contributed by atoms with van der Waals surface area (Å²) in [5.74, 6) is -0.289. The van der Waals surface area contributed by atoms with Crippen molar-refractivity contribution < 1.29 is 32.9 Å². The Morgan fingerprint density at radius 3 is 2.38 bits per heavy atom. The minimum Gasteiger partial charge on any atom is -0.447 e. The van der Waals surface area contributed by atoms with Crippen LogP contribution in [0.5, 0.6) is 0 Å². The van der Waals surface area contributed by atoms with Crippen molar-refractivity contribution in [3.63, 3.8) is 0 Å². The quantitative estimate of drug-likeness (QED) is 0.378. The van der Waals surface area contributed by atoms with Gasteiger partial charge in [-0.3, -0.25) is 0 Å². The van der Waals surface area contributed by atoms with Gasteiger partial charge in [-0.05, 0) is 65.8 Å². The van der Waals surface area contributed by atoms with Gasteiger partial charge in [0.25, 0.3) is 0 Å². The average Bonchev–Trinajstić information content (AvgIpc) is 3.37. The van der Waals surface area contributed by atoms with E-state index in [1.54, 1.807) is 18.1 Å². The van der Waals surface area contributed by atoms with Gasteiger partial charge in [0.05, 0.1) is 33.0 Å². The summed E-state index contributed by atoms with van der Waals surface area (Å²) in [5.41, 5.74) is 4.80. The van der Waals surface area contributed by atoms with Crippen LogP contribution in [0.4, 0.5) is 19.7 Å². The van der Waals surface area contributed by atoms with Gasteiger partial charge in [0, 0.05) is 31.9 Å². The topological polar surface area (TPSA) is 98.4 Å². The predicted octanol–water partition coefficient (Wildman–Crippen LogP) is 4.72. The molecule has 2 aliphatic rings. The fourth-order valence-electron chi connectivity index (χ4n) is 4.57. The van der Waals surface area contributed by atoms with Gasteiger partial charge >= 0.3 is 12.1 Å². The van der Waals surface area contributed by atoms with E-state index in [9.17, 15) is 14.0 Å². The highest BCUT2D eigenvalue weighted by atomic mass is 19.1.